The number of anilines is 1. The van der Waals surface area contributed by atoms with Gasteiger partial charge in [-0.2, -0.15) is 9.78 Å². The number of piperidine rings is 1. The van der Waals surface area contributed by atoms with Crippen molar-refractivity contribution in [1.82, 2.24) is 15.1 Å². The normalized spacial score (nSPS) is 14.6. The lowest BCUT2D eigenvalue weighted by Gasteiger charge is -2.20. The summed E-state index contributed by atoms with van der Waals surface area (Å²) in [5, 5.41) is 10.8. The van der Waals surface area contributed by atoms with Gasteiger partial charge in [0.1, 0.15) is 11.4 Å². The molecular weight excluding hydrogens is 427 g/mol. The van der Waals surface area contributed by atoms with Gasteiger partial charge < -0.3 is 15.4 Å². The van der Waals surface area contributed by atoms with Gasteiger partial charge in [0.2, 0.25) is 0 Å². The summed E-state index contributed by atoms with van der Waals surface area (Å²) in [6.45, 7) is 1.94. The number of hydrogen-bond donors (Lipinski definition) is 2. The number of rotatable bonds is 6. The molecule has 30 heavy (non-hydrogen) atoms. The van der Waals surface area contributed by atoms with Crippen LogP contribution in [-0.4, -0.2) is 35.9 Å². The van der Waals surface area contributed by atoms with Crippen LogP contribution in [0.5, 0.6) is 5.75 Å². The Morgan fingerprint density at radius 2 is 2.10 bits per heavy atom. The first-order chi connectivity index (χ1) is 14.6. The van der Waals surface area contributed by atoms with E-state index in [4.69, 9.17) is 16.3 Å². The predicted octanol–water partition coefficient (Wildman–Crippen LogP) is 4.51. The number of hydrogen-bond acceptors (Lipinski definition) is 6. The maximum Gasteiger partial charge on any atom is 0.283 e. The number of carbonyl (C=O) groups is 1. The fourth-order valence-corrected chi connectivity index (χ4v) is 4.65. The maximum absolute atomic E-state index is 15.5. The number of nitrogens with zero attached hydrogens (tertiary/aromatic N) is 2. The molecule has 6 nitrogen and oxygen atoms in total. The highest BCUT2D eigenvalue weighted by Gasteiger charge is 2.29. The second-order valence-electron chi connectivity index (χ2n) is 7.05. The molecule has 0 radical (unpaired) electrons. The molecule has 0 spiro atoms. The van der Waals surface area contributed by atoms with E-state index in [2.05, 4.69) is 15.7 Å². The third-order valence-corrected chi connectivity index (χ3v) is 6.40. The highest BCUT2D eigenvalue weighted by Crippen LogP contribution is 2.32. The average Bonchev–Trinajstić information content (AvgIpc) is 3.35. The molecule has 0 unspecified atom stereocenters. The van der Waals surface area contributed by atoms with Crippen LogP contribution >= 0.6 is 22.9 Å². The number of carbonyl (C=O) groups excluding carboxylic acids is 1. The molecule has 4 rings (SSSR count). The molecule has 1 aromatic carbocycles. The Kier molecular flexibility index (Phi) is 6.36. The van der Waals surface area contributed by atoms with Crippen LogP contribution in [-0.2, 0) is 6.54 Å². The molecular formula is C21H22ClFN4O2S. The van der Waals surface area contributed by atoms with Crippen molar-refractivity contribution in [3.8, 4) is 5.75 Å². The SMILES string of the molecule is COc1ccccc1C(=O)n1nc(C2CCNCC2)c(F)c1NCc1ccc(Cl)s1. The van der Waals surface area contributed by atoms with Crippen molar-refractivity contribution in [3.05, 3.63) is 62.7 Å². The van der Waals surface area contributed by atoms with Crippen molar-refractivity contribution in [2.45, 2.75) is 25.3 Å². The Balaban J connectivity index is 1.71. The number of nitrogens with one attached hydrogen (secondary N) is 2. The van der Waals surface area contributed by atoms with Gasteiger partial charge in [0.15, 0.2) is 11.6 Å². The second kappa shape index (κ2) is 9.16. The van der Waals surface area contributed by atoms with Crippen LogP contribution in [0.25, 0.3) is 0 Å². The minimum atomic E-state index is -0.479. The number of ether oxygens (including phenoxy) is 1. The van der Waals surface area contributed by atoms with E-state index in [1.807, 2.05) is 6.07 Å². The molecule has 0 atom stereocenters. The first-order valence-electron chi connectivity index (χ1n) is 9.73. The zero-order chi connectivity index (χ0) is 21.1. The van der Waals surface area contributed by atoms with E-state index in [0.717, 1.165) is 35.5 Å². The van der Waals surface area contributed by atoms with E-state index < -0.39 is 11.7 Å². The van der Waals surface area contributed by atoms with Gasteiger partial charge >= 0.3 is 0 Å². The fourth-order valence-electron chi connectivity index (χ4n) is 3.62. The number of thiophene rings is 1. The highest BCUT2D eigenvalue weighted by molar-refractivity contribution is 7.16. The maximum atomic E-state index is 15.5. The van der Waals surface area contributed by atoms with Crippen LogP contribution in [0.3, 0.4) is 0 Å². The third kappa shape index (κ3) is 4.21. The van der Waals surface area contributed by atoms with E-state index in [0.29, 0.717) is 27.9 Å². The quantitative estimate of drug-likeness (QED) is 0.580. The lowest BCUT2D eigenvalue weighted by Crippen LogP contribution is -2.27. The second-order valence-corrected chi connectivity index (χ2v) is 8.85. The summed E-state index contributed by atoms with van der Waals surface area (Å²) in [6.07, 6.45) is 1.55. The van der Waals surface area contributed by atoms with Crippen molar-refractivity contribution in [3.63, 3.8) is 0 Å². The first-order valence-corrected chi connectivity index (χ1v) is 10.9. The molecule has 2 N–H and O–H groups in total. The lowest BCUT2D eigenvalue weighted by molar-refractivity contribution is 0.0943. The van der Waals surface area contributed by atoms with Gasteiger partial charge in [-0.15, -0.1) is 11.3 Å². The van der Waals surface area contributed by atoms with Gasteiger partial charge in [-0.05, 0) is 50.2 Å². The topological polar surface area (TPSA) is 68.2 Å². The molecule has 9 heteroatoms. The minimum absolute atomic E-state index is 0.0327. The largest absolute Gasteiger partial charge is 0.496 e. The van der Waals surface area contributed by atoms with Gasteiger partial charge in [0.25, 0.3) is 5.91 Å². The highest BCUT2D eigenvalue weighted by atomic mass is 35.5. The van der Waals surface area contributed by atoms with Crippen molar-refractivity contribution in [1.29, 1.82) is 0 Å². The van der Waals surface area contributed by atoms with Gasteiger partial charge in [0.05, 0.1) is 23.6 Å². The monoisotopic (exact) mass is 448 g/mol. The molecule has 1 aliphatic rings. The van der Waals surface area contributed by atoms with Gasteiger partial charge in [-0.25, -0.2) is 4.39 Å². The van der Waals surface area contributed by atoms with Gasteiger partial charge in [-0.3, -0.25) is 4.79 Å². The Morgan fingerprint density at radius 3 is 2.80 bits per heavy atom. The van der Waals surface area contributed by atoms with Crippen LogP contribution in [0.15, 0.2) is 36.4 Å². The Hall–Kier alpha value is -2.42. The smallest absolute Gasteiger partial charge is 0.283 e. The molecule has 0 amide bonds. The van der Waals surface area contributed by atoms with E-state index in [1.54, 1.807) is 30.3 Å². The number of methoxy groups -OCH3 is 1. The molecule has 1 saturated heterocycles. The molecule has 0 bridgehead atoms. The fraction of sp³-hybridized carbons (Fsp3) is 0.333. The van der Waals surface area contributed by atoms with E-state index in [9.17, 15) is 4.79 Å². The Labute approximate surface area is 183 Å². The van der Waals surface area contributed by atoms with Gasteiger partial charge in [0, 0.05) is 10.8 Å². The molecule has 3 heterocycles. The number of aromatic nitrogens is 2. The summed E-state index contributed by atoms with van der Waals surface area (Å²) in [4.78, 5) is 14.2. The molecule has 2 aromatic heterocycles. The molecule has 3 aromatic rings. The lowest BCUT2D eigenvalue weighted by atomic mass is 9.94. The van der Waals surface area contributed by atoms with Crippen molar-refractivity contribution in [2.24, 2.45) is 0 Å². The third-order valence-electron chi connectivity index (χ3n) is 5.17. The summed E-state index contributed by atoms with van der Waals surface area (Å²) < 4.78 is 22.6. The summed E-state index contributed by atoms with van der Waals surface area (Å²) in [7, 11) is 1.50. The molecule has 1 fully saturated rings. The van der Waals surface area contributed by atoms with Crippen LogP contribution in [0.1, 0.15) is 39.7 Å². The summed E-state index contributed by atoms with van der Waals surface area (Å²) >= 11 is 7.40. The van der Waals surface area contributed by atoms with E-state index in [-0.39, 0.29) is 11.7 Å². The summed E-state index contributed by atoms with van der Waals surface area (Å²) in [6, 6.07) is 10.5. The molecule has 1 aliphatic heterocycles. The number of para-hydroxylation sites is 1. The average molecular weight is 449 g/mol. The van der Waals surface area contributed by atoms with Crippen molar-refractivity contribution < 1.29 is 13.9 Å². The first kappa shape index (κ1) is 20.8. The Bertz CT molecular complexity index is 1050. The summed E-state index contributed by atoms with van der Waals surface area (Å²) in [5.41, 5.74) is 0.646. The standard InChI is InChI=1S/C21H22ClFN4O2S/c1-29-16-5-3-2-4-15(16)21(28)27-20(25-12-14-6-7-17(22)30-14)18(23)19(26-27)13-8-10-24-11-9-13/h2-7,13,24-25H,8-12H2,1H3. The zero-order valence-electron chi connectivity index (χ0n) is 16.5. The van der Waals surface area contributed by atoms with Crippen LogP contribution < -0.4 is 15.4 Å². The Morgan fingerprint density at radius 1 is 1.33 bits per heavy atom. The van der Waals surface area contributed by atoms with Crippen LogP contribution in [0, 0.1) is 5.82 Å². The number of benzene rings is 1. The predicted molar refractivity (Wildman–Crippen MR) is 116 cm³/mol. The van der Waals surface area contributed by atoms with E-state index in [1.165, 1.54) is 18.4 Å². The summed E-state index contributed by atoms with van der Waals surface area (Å²) in [5.74, 6) is -0.484. The zero-order valence-corrected chi connectivity index (χ0v) is 18.0. The van der Waals surface area contributed by atoms with Crippen molar-refractivity contribution >= 4 is 34.7 Å². The molecule has 158 valence electrons. The van der Waals surface area contributed by atoms with Crippen LogP contribution in [0.2, 0.25) is 4.34 Å². The van der Waals surface area contributed by atoms with E-state index >= 15 is 4.39 Å². The van der Waals surface area contributed by atoms with Crippen LogP contribution in [0.4, 0.5) is 10.2 Å². The molecule has 0 saturated carbocycles. The van der Waals surface area contributed by atoms with Gasteiger partial charge in [-0.1, -0.05) is 23.7 Å². The molecule has 0 aliphatic carbocycles. The van der Waals surface area contributed by atoms with Crippen molar-refractivity contribution in [2.75, 3.05) is 25.5 Å². The number of halogens is 2. The minimum Gasteiger partial charge on any atom is -0.496 e.